The van der Waals surface area contributed by atoms with E-state index in [9.17, 15) is 9.90 Å². The number of hydrogen-bond donors (Lipinski definition) is 0. The van der Waals surface area contributed by atoms with Gasteiger partial charge in [0.25, 0.3) is 0 Å². The van der Waals surface area contributed by atoms with E-state index in [0.29, 0.717) is 19.3 Å². The van der Waals surface area contributed by atoms with Crippen molar-refractivity contribution in [3.63, 3.8) is 0 Å². The van der Waals surface area contributed by atoms with E-state index in [1.165, 1.54) is 11.6 Å². The summed E-state index contributed by atoms with van der Waals surface area (Å²) in [7, 11) is 0. The zero-order chi connectivity index (χ0) is 13.7. The van der Waals surface area contributed by atoms with Crippen LogP contribution in [0.5, 0.6) is 0 Å². The fraction of sp³-hybridized carbons (Fsp3) is 0.231. The van der Waals surface area contributed by atoms with Gasteiger partial charge in [-0.1, -0.05) is 30.3 Å². The van der Waals surface area contributed by atoms with Crippen LogP contribution in [0, 0.1) is 0 Å². The van der Waals surface area contributed by atoms with Crippen LogP contribution in [0.1, 0.15) is 23.0 Å². The fourth-order valence-electron chi connectivity index (χ4n) is 1.66. The number of hydrogen-bond acceptors (Lipinski definition) is 5. The van der Waals surface area contributed by atoms with Crippen LogP contribution in [0.15, 0.2) is 39.8 Å². The van der Waals surface area contributed by atoms with Gasteiger partial charge in [0.05, 0.1) is 0 Å². The fourth-order valence-corrected chi connectivity index (χ4v) is 1.66. The average molecular weight is 259 g/mol. The molecule has 0 atom stereocenters. The van der Waals surface area contributed by atoms with Crippen molar-refractivity contribution >= 4 is 18.1 Å². The van der Waals surface area contributed by atoms with Crippen LogP contribution in [0.3, 0.4) is 0 Å². The van der Waals surface area contributed by atoms with E-state index in [1.807, 2.05) is 30.3 Å². The summed E-state index contributed by atoms with van der Waals surface area (Å²) in [5.41, 5.74) is 1.30. The summed E-state index contributed by atoms with van der Waals surface area (Å²) in [6, 6.07) is 9.80. The molecule has 98 valence electrons. The zero-order valence-electron chi connectivity index (χ0n) is 10.4. The third-order valence-corrected chi connectivity index (χ3v) is 2.55. The number of aliphatic imine (C=N–C) groups is 1. The van der Waals surface area contributed by atoms with E-state index < -0.39 is 5.90 Å². The Morgan fingerprint density at radius 3 is 2.84 bits per heavy atom. The molecule has 1 aromatic heterocycles. The number of carbonyl (C=O) groups excluding carboxylic acids is 1. The molecular weight excluding hydrogens is 246 g/mol. The summed E-state index contributed by atoms with van der Waals surface area (Å²) in [4.78, 5) is 14.6. The number of aldehydes is 1. The van der Waals surface area contributed by atoms with Gasteiger partial charge < -0.3 is 5.11 Å². The van der Waals surface area contributed by atoms with Crippen molar-refractivity contribution in [2.24, 2.45) is 4.99 Å². The largest absolute Gasteiger partial charge is 0.862 e. The Hall–Kier alpha value is -2.50. The molecular formula is C13H13N3O3. The van der Waals surface area contributed by atoms with Crippen molar-refractivity contribution in [1.29, 1.82) is 0 Å². The summed E-state index contributed by atoms with van der Waals surface area (Å²) in [5.74, 6) is -0.481. The normalized spacial score (nSPS) is 11.5. The van der Waals surface area contributed by atoms with Gasteiger partial charge in [0, 0.05) is 6.42 Å². The van der Waals surface area contributed by atoms with Crippen molar-refractivity contribution < 1.29 is 19.1 Å². The third-order valence-electron chi connectivity index (χ3n) is 2.55. The molecule has 0 saturated heterocycles. The Kier molecular flexibility index (Phi) is 4.02. The van der Waals surface area contributed by atoms with Crippen LogP contribution >= 0.6 is 0 Å². The molecule has 6 heteroatoms. The molecule has 6 nitrogen and oxygen atoms in total. The number of aromatic nitrogens is 2. The van der Waals surface area contributed by atoms with Gasteiger partial charge in [-0.15, -0.1) is 0 Å². The third kappa shape index (κ3) is 3.25. The van der Waals surface area contributed by atoms with Crippen LogP contribution < -0.4 is 9.79 Å². The highest BCUT2D eigenvalue weighted by molar-refractivity contribution is 5.79. The van der Waals surface area contributed by atoms with Gasteiger partial charge in [-0.2, -0.15) is 0 Å². The van der Waals surface area contributed by atoms with Crippen molar-refractivity contribution in [2.75, 3.05) is 0 Å². The van der Waals surface area contributed by atoms with Gasteiger partial charge in [0.1, 0.15) is 0 Å². The Balaban J connectivity index is 2.15. The minimum atomic E-state index is -0.436. The van der Waals surface area contributed by atoms with E-state index in [1.54, 1.807) is 0 Å². The molecule has 2 aromatic rings. The Morgan fingerprint density at radius 1 is 1.47 bits per heavy atom. The maximum Gasteiger partial charge on any atom is 0.339 e. The standard InChI is InChI=1S/C13H13N3O3/c1-10(18)14-13-12(9-17)16(15-19-13)8-7-11-5-3-2-4-6-11/h2-6,9H,7-8H2,1H3. The molecule has 0 N–H and O–H groups in total. The molecule has 0 spiro atoms. The molecule has 0 saturated carbocycles. The van der Waals surface area contributed by atoms with E-state index in [2.05, 4.69) is 10.3 Å². The van der Waals surface area contributed by atoms with Crippen LogP contribution in [0.25, 0.3) is 0 Å². The van der Waals surface area contributed by atoms with Gasteiger partial charge in [-0.25, -0.2) is 4.99 Å². The van der Waals surface area contributed by atoms with E-state index in [4.69, 9.17) is 4.52 Å². The molecule has 19 heavy (non-hydrogen) atoms. The maximum atomic E-state index is 11.0. The molecule has 0 fully saturated rings. The lowest BCUT2D eigenvalue weighted by atomic mass is 10.1. The lowest BCUT2D eigenvalue weighted by molar-refractivity contribution is -0.762. The number of aryl methyl sites for hydroxylation is 2. The van der Waals surface area contributed by atoms with Gasteiger partial charge >= 0.3 is 11.6 Å². The highest BCUT2D eigenvalue weighted by atomic mass is 16.5. The zero-order valence-corrected chi connectivity index (χ0v) is 10.4. The van der Waals surface area contributed by atoms with Gasteiger partial charge in [0.15, 0.2) is 6.54 Å². The molecule has 1 aromatic carbocycles. The van der Waals surface area contributed by atoms with E-state index >= 15 is 0 Å². The van der Waals surface area contributed by atoms with Crippen LogP contribution in [-0.2, 0) is 13.0 Å². The minimum Gasteiger partial charge on any atom is -0.862 e. The van der Waals surface area contributed by atoms with Crippen LogP contribution in [-0.4, -0.2) is 17.5 Å². The molecule has 0 aliphatic heterocycles. The predicted molar refractivity (Wildman–Crippen MR) is 65.0 cm³/mol. The number of carbonyl (C=O) groups is 1. The minimum absolute atomic E-state index is 0.0458. The first-order valence-electron chi connectivity index (χ1n) is 5.82. The summed E-state index contributed by atoms with van der Waals surface area (Å²) in [6.45, 7) is 1.76. The summed E-state index contributed by atoms with van der Waals surface area (Å²) in [6.07, 6.45) is 1.29. The molecule has 0 radical (unpaired) electrons. The lowest BCUT2D eigenvalue weighted by Gasteiger charge is -1.97. The topological polar surface area (TPSA) is 82.4 Å². The number of nitrogens with zero attached hydrogens (tertiary/aromatic N) is 3. The monoisotopic (exact) mass is 259 g/mol. The molecule has 0 bridgehead atoms. The van der Waals surface area contributed by atoms with Gasteiger partial charge in [-0.05, 0) is 23.1 Å². The first-order chi connectivity index (χ1) is 9.20. The summed E-state index contributed by atoms with van der Waals surface area (Å²) in [5, 5.41) is 14.6. The highest BCUT2D eigenvalue weighted by Gasteiger charge is 2.23. The Morgan fingerprint density at radius 2 is 2.21 bits per heavy atom. The summed E-state index contributed by atoms with van der Waals surface area (Å²) >= 11 is 0. The van der Waals surface area contributed by atoms with Crippen molar-refractivity contribution in [3.8, 4) is 0 Å². The molecule has 0 amide bonds. The van der Waals surface area contributed by atoms with Crippen molar-refractivity contribution in [3.05, 3.63) is 41.6 Å². The molecule has 2 rings (SSSR count). The van der Waals surface area contributed by atoms with E-state index in [0.717, 1.165) is 5.56 Å². The predicted octanol–water partition coefficient (Wildman–Crippen LogP) is 0.427. The Bertz CT molecular complexity index is 586. The van der Waals surface area contributed by atoms with Crippen LogP contribution in [0.4, 0.5) is 5.88 Å². The Labute approximate surface area is 110 Å². The second kappa shape index (κ2) is 5.90. The van der Waals surface area contributed by atoms with Gasteiger partial charge in [-0.3, -0.25) is 9.32 Å². The molecule has 0 aliphatic rings. The highest BCUT2D eigenvalue weighted by Crippen LogP contribution is 2.12. The average Bonchev–Trinajstić information content (AvgIpc) is 2.78. The molecule has 0 unspecified atom stereocenters. The lowest BCUT2D eigenvalue weighted by Crippen LogP contribution is -2.40. The second-order valence-corrected chi connectivity index (χ2v) is 3.97. The SMILES string of the molecule is C/C([O-])=N/c1on[n+](CCc2ccccc2)c1C=O. The smallest absolute Gasteiger partial charge is 0.339 e. The summed E-state index contributed by atoms with van der Waals surface area (Å²) < 4.78 is 6.28. The number of rotatable bonds is 5. The first-order valence-corrected chi connectivity index (χ1v) is 5.82. The van der Waals surface area contributed by atoms with Crippen molar-refractivity contribution in [1.82, 2.24) is 5.27 Å². The second-order valence-electron chi connectivity index (χ2n) is 3.97. The maximum absolute atomic E-state index is 11.0. The van der Waals surface area contributed by atoms with Gasteiger partial charge in [0.2, 0.25) is 11.6 Å². The molecule has 0 aliphatic carbocycles. The van der Waals surface area contributed by atoms with E-state index in [-0.39, 0.29) is 11.6 Å². The molecule has 1 heterocycles. The van der Waals surface area contributed by atoms with Crippen molar-refractivity contribution in [2.45, 2.75) is 19.9 Å². The quantitative estimate of drug-likeness (QED) is 0.337. The first kappa shape index (κ1) is 12.9. The number of benzene rings is 1. The van der Waals surface area contributed by atoms with Crippen LogP contribution in [0.2, 0.25) is 0 Å².